The predicted molar refractivity (Wildman–Crippen MR) is 96.2 cm³/mol. The Labute approximate surface area is 141 Å². The molecular formula is C19H22BrNO. The zero-order chi connectivity index (χ0) is 16.1. The number of amides is 1. The second-order valence-electron chi connectivity index (χ2n) is 6.06. The van der Waals surface area contributed by atoms with Gasteiger partial charge in [0.2, 0.25) is 5.91 Å². The maximum atomic E-state index is 12.4. The summed E-state index contributed by atoms with van der Waals surface area (Å²) in [6.07, 6.45) is 1.07. The van der Waals surface area contributed by atoms with Crippen LogP contribution in [0, 0.1) is 5.92 Å². The summed E-state index contributed by atoms with van der Waals surface area (Å²) < 4.78 is 0.955. The maximum absolute atomic E-state index is 12.4. The van der Waals surface area contributed by atoms with Crippen molar-refractivity contribution in [1.29, 1.82) is 0 Å². The van der Waals surface area contributed by atoms with Gasteiger partial charge in [-0.05, 0) is 48.6 Å². The van der Waals surface area contributed by atoms with Crippen molar-refractivity contribution in [1.82, 2.24) is 0 Å². The van der Waals surface area contributed by atoms with E-state index in [2.05, 4.69) is 59.4 Å². The molecule has 1 amide bonds. The van der Waals surface area contributed by atoms with Crippen LogP contribution in [0.4, 0.5) is 5.69 Å². The Hall–Kier alpha value is -1.61. The molecule has 0 aliphatic rings. The summed E-state index contributed by atoms with van der Waals surface area (Å²) in [5.74, 6) is 0.477. The number of halogens is 1. The van der Waals surface area contributed by atoms with Crippen molar-refractivity contribution in [3.63, 3.8) is 0 Å². The number of nitrogens with one attached hydrogen (secondary N) is 1. The molecule has 0 fully saturated rings. The highest BCUT2D eigenvalue weighted by molar-refractivity contribution is 9.10. The molecule has 0 radical (unpaired) electrons. The molecule has 0 aromatic heterocycles. The highest BCUT2D eigenvalue weighted by atomic mass is 79.9. The fourth-order valence-electron chi connectivity index (χ4n) is 2.38. The van der Waals surface area contributed by atoms with Crippen LogP contribution in [0.5, 0.6) is 0 Å². The molecule has 1 atom stereocenters. The first kappa shape index (κ1) is 16.8. The van der Waals surface area contributed by atoms with Crippen molar-refractivity contribution < 1.29 is 4.79 Å². The fraction of sp³-hybridized carbons (Fsp3) is 0.316. The van der Waals surface area contributed by atoms with Gasteiger partial charge >= 0.3 is 0 Å². The van der Waals surface area contributed by atoms with E-state index in [1.54, 1.807) is 0 Å². The summed E-state index contributed by atoms with van der Waals surface area (Å²) in [5, 5.41) is 2.96. The third-order valence-corrected chi connectivity index (χ3v) is 4.10. The predicted octanol–water partition coefficient (Wildman–Crippen LogP) is 5.39. The number of anilines is 1. The van der Waals surface area contributed by atoms with Crippen LogP contribution in [0.1, 0.15) is 37.8 Å². The van der Waals surface area contributed by atoms with Gasteiger partial charge in [-0.15, -0.1) is 0 Å². The molecule has 2 aromatic rings. The van der Waals surface area contributed by atoms with E-state index >= 15 is 0 Å². The van der Waals surface area contributed by atoms with Crippen molar-refractivity contribution in [3.05, 3.63) is 64.1 Å². The van der Waals surface area contributed by atoms with Gasteiger partial charge in [-0.25, -0.2) is 0 Å². The number of carbonyl (C=O) groups is 1. The largest absolute Gasteiger partial charge is 0.326 e. The normalized spacial score (nSPS) is 12.2. The van der Waals surface area contributed by atoms with E-state index in [0.29, 0.717) is 5.92 Å². The molecule has 0 unspecified atom stereocenters. The molecule has 116 valence electrons. The third kappa shape index (κ3) is 4.70. The Balaban J connectivity index is 2.03. The van der Waals surface area contributed by atoms with Crippen LogP contribution in [-0.2, 0) is 11.2 Å². The van der Waals surface area contributed by atoms with Gasteiger partial charge in [0.1, 0.15) is 0 Å². The fourth-order valence-corrected chi connectivity index (χ4v) is 2.78. The Bertz CT molecular complexity index is 634. The molecule has 0 aliphatic heterocycles. The lowest BCUT2D eigenvalue weighted by Gasteiger charge is -2.14. The molecule has 0 heterocycles. The Morgan fingerprint density at radius 3 is 2.36 bits per heavy atom. The highest BCUT2D eigenvalue weighted by Gasteiger charge is 2.15. The molecule has 0 bridgehead atoms. The Morgan fingerprint density at radius 1 is 1.09 bits per heavy atom. The molecule has 3 heteroatoms. The summed E-state index contributed by atoms with van der Waals surface area (Å²) in [4.78, 5) is 12.4. The van der Waals surface area contributed by atoms with E-state index in [4.69, 9.17) is 0 Å². The number of carbonyl (C=O) groups excluding carboxylic acids is 1. The van der Waals surface area contributed by atoms with Gasteiger partial charge in [0.05, 0.1) is 5.92 Å². The maximum Gasteiger partial charge on any atom is 0.231 e. The second kappa shape index (κ2) is 7.59. The number of rotatable bonds is 5. The SMILES string of the molecule is CC(C)Cc1ccc([C@H](C)C(=O)Nc2cccc(Br)c2)cc1. The van der Waals surface area contributed by atoms with Gasteiger partial charge < -0.3 is 5.32 Å². The number of benzene rings is 2. The average molecular weight is 360 g/mol. The van der Waals surface area contributed by atoms with Gasteiger partial charge in [-0.2, -0.15) is 0 Å². The number of hydrogen-bond acceptors (Lipinski definition) is 1. The molecular weight excluding hydrogens is 338 g/mol. The van der Waals surface area contributed by atoms with E-state index in [1.807, 2.05) is 31.2 Å². The molecule has 22 heavy (non-hydrogen) atoms. The van der Waals surface area contributed by atoms with Gasteiger partial charge in [-0.3, -0.25) is 4.79 Å². The molecule has 2 nitrogen and oxygen atoms in total. The third-order valence-electron chi connectivity index (χ3n) is 3.61. The number of hydrogen-bond donors (Lipinski definition) is 1. The van der Waals surface area contributed by atoms with Crippen LogP contribution >= 0.6 is 15.9 Å². The monoisotopic (exact) mass is 359 g/mol. The molecule has 2 aromatic carbocycles. The first-order valence-corrected chi connectivity index (χ1v) is 8.40. The molecule has 0 saturated heterocycles. The lowest BCUT2D eigenvalue weighted by atomic mass is 9.96. The minimum absolute atomic E-state index is 0.00899. The van der Waals surface area contributed by atoms with Crippen molar-refractivity contribution >= 4 is 27.5 Å². The summed E-state index contributed by atoms with van der Waals surface area (Å²) >= 11 is 3.41. The van der Waals surface area contributed by atoms with Crippen molar-refractivity contribution in [2.45, 2.75) is 33.1 Å². The highest BCUT2D eigenvalue weighted by Crippen LogP contribution is 2.21. The van der Waals surface area contributed by atoms with E-state index in [1.165, 1.54) is 5.56 Å². The lowest BCUT2D eigenvalue weighted by Crippen LogP contribution is -2.18. The van der Waals surface area contributed by atoms with Gasteiger partial charge in [-0.1, -0.05) is 60.1 Å². The minimum Gasteiger partial charge on any atom is -0.326 e. The molecule has 0 spiro atoms. The van der Waals surface area contributed by atoms with E-state index < -0.39 is 0 Å². The topological polar surface area (TPSA) is 29.1 Å². The van der Waals surface area contributed by atoms with Crippen molar-refractivity contribution in [2.24, 2.45) is 5.92 Å². The quantitative estimate of drug-likeness (QED) is 0.761. The van der Waals surface area contributed by atoms with Crippen LogP contribution in [0.25, 0.3) is 0 Å². The zero-order valence-electron chi connectivity index (χ0n) is 13.3. The second-order valence-corrected chi connectivity index (χ2v) is 6.98. The molecule has 1 N–H and O–H groups in total. The Morgan fingerprint density at radius 2 is 1.77 bits per heavy atom. The van der Waals surface area contributed by atoms with Gasteiger partial charge in [0.25, 0.3) is 0 Å². The van der Waals surface area contributed by atoms with E-state index in [0.717, 1.165) is 22.1 Å². The summed E-state index contributed by atoms with van der Waals surface area (Å²) in [6, 6.07) is 16.0. The van der Waals surface area contributed by atoms with Gasteiger partial charge in [0.15, 0.2) is 0 Å². The first-order valence-electron chi connectivity index (χ1n) is 7.61. The Kier molecular flexibility index (Phi) is 5.78. The molecule has 0 aliphatic carbocycles. The standard InChI is InChI=1S/C19H22BrNO/c1-13(2)11-15-7-9-16(10-8-15)14(3)19(22)21-18-6-4-5-17(20)12-18/h4-10,12-14H,11H2,1-3H3,(H,21,22)/t14-/m0/s1. The van der Waals surface area contributed by atoms with Crippen molar-refractivity contribution in [3.8, 4) is 0 Å². The van der Waals surface area contributed by atoms with Crippen LogP contribution in [-0.4, -0.2) is 5.91 Å². The van der Waals surface area contributed by atoms with E-state index in [-0.39, 0.29) is 11.8 Å². The first-order chi connectivity index (χ1) is 10.5. The van der Waals surface area contributed by atoms with Crippen LogP contribution in [0.3, 0.4) is 0 Å². The lowest BCUT2D eigenvalue weighted by molar-refractivity contribution is -0.117. The van der Waals surface area contributed by atoms with E-state index in [9.17, 15) is 4.79 Å². The van der Waals surface area contributed by atoms with Crippen LogP contribution < -0.4 is 5.32 Å². The minimum atomic E-state index is -0.174. The summed E-state index contributed by atoms with van der Waals surface area (Å²) in [7, 11) is 0. The smallest absolute Gasteiger partial charge is 0.231 e. The van der Waals surface area contributed by atoms with Crippen molar-refractivity contribution in [2.75, 3.05) is 5.32 Å². The summed E-state index contributed by atoms with van der Waals surface area (Å²) in [6.45, 7) is 6.36. The molecule has 0 saturated carbocycles. The zero-order valence-corrected chi connectivity index (χ0v) is 14.9. The summed E-state index contributed by atoms with van der Waals surface area (Å²) in [5.41, 5.74) is 3.17. The molecule has 2 rings (SSSR count). The van der Waals surface area contributed by atoms with Gasteiger partial charge in [0, 0.05) is 10.2 Å². The van der Waals surface area contributed by atoms with Crippen LogP contribution in [0.15, 0.2) is 53.0 Å². The average Bonchev–Trinajstić information content (AvgIpc) is 2.46. The van der Waals surface area contributed by atoms with Crippen LogP contribution in [0.2, 0.25) is 0 Å².